The lowest BCUT2D eigenvalue weighted by Crippen LogP contribution is -2.48. The monoisotopic (exact) mass is 501 g/mol. The lowest BCUT2D eigenvalue weighted by Gasteiger charge is -2.25. The van der Waals surface area contributed by atoms with E-state index < -0.39 is 35.8 Å². The molecule has 4 amide bonds. The molecule has 0 aliphatic carbocycles. The maximum Gasteiger partial charge on any atom is 0.325 e. The molecule has 1 saturated heterocycles. The molecule has 0 aromatic heterocycles. The Labute approximate surface area is 208 Å². The van der Waals surface area contributed by atoms with Gasteiger partial charge in [-0.05, 0) is 47.7 Å². The summed E-state index contributed by atoms with van der Waals surface area (Å²) in [7, 11) is 1.52. The smallest absolute Gasteiger partial charge is 0.325 e. The highest BCUT2D eigenvalue weighted by Crippen LogP contribution is 2.26. The zero-order valence-corrected chi connectivity index (χ0v) is 20.3. The molecule has 0 unspecified atom stereocenters. The van der Waals surface area contributed by atoms with Gasteiger partial charge in [-0.1, -0.05) is 42.8 Å². The normalized spacial score (nSPS) is 16.8. The number of benzene rings is 2. The lowest BCUT2D eigenvalue weighted by molar-refractivity contribution is -0.136. The van der Waals surface area contributed by atoms with Crippen LogP contribution in [0.5, 0.6) is 5.75 Å². The number of hydrogen-bond donors (Lipinski definition) is 3. The van der Waals surface area contributed by atoms with Crippen LogP contribution in [0.1, 0.15) is 36.1 Å². The fourth-order valence-corrected chi connectivity index (χ4v) is 4.21. The third-order valence-electron chi connectivity index (χ3n) is 5.86. The van der Waals surface area contributed by atoms with Crippen molar-refractivity contribution in [1.29, 1.82) is 0 Å². The third kappa shape index (κ3) is 6.73. The summed E-state index contributed by atoms with van der Waals surface area (Å²) < 4.78 is 5.37. The fourth-order valence-electron chi connectivity index (χ4n) is 4.02. The number of methoxy groups -OCH3 is 1. The van der Waals surface area contributed by atoms with Gasteiger partial charge < -0.3 is 20.5 Å². The van der Waals surface area contributed by atoms with Crippen LogP contribution in [0.25, 0.3) is 0 Å². The van der Waals surface area contributed by atoms with E-state index in [1.54, 1.807) is 42.5 Å². The minimum atomic E-state index is -0.930. The predicted octanol–water partition coefficient (Wildman–Crippen LogP) is 2.95. The molecule has 10 heteroatoms. The number of rotatable bonds is 8. The Kier molecular flexibility index (Phi) is 8.70. The molecule has 9 nitrogen and oxygen atoms in total. The quantitative estimate of drug-likeness (QED) is 0.510. The number of ether oxygens (including phenoxy) is 1. The molecule has 1 aliphatic rings. The highest BCUT2D eigenvalue weighted by Gasteiger charge is 2.35. The molecular weight excluding hydrogens is 474 g/mol. The Balaban J connectivity index is 1.76. The largest absolute Gasteiger partial charge is 0.496 e. The van der Waals surface area contributed by atoms with E-state index in [-0.39, 0.29) is 25.9 Å². The molecular formula is C25H28ClN3O6. The third-order valence-corrected chi connectivity index (χ3v) is 6.10. The maximum absolute atomic E-state index is 13.3. The molecule has 2 aromatic carbocycles. The Hall–Kier alpha value is -3.59. The molecule has 0 bridgehead atoms. The fraction of sp³-hybridized carbons (Fsp3) is 0.360. The first kappa shape index (κ1) is 26.0. The van der Waals surface area contributed by atoms with E-state index in [2.05, 4.69) is 10.6 Å². The van der Waals surface area contributed by atoms with E-state index in [9.17, 15) is 19.2 Å². The maximum atomic E-state index is 13.3. The summed E-state index contributed by atoms with van der Waals surface area (Å²) >= 11 is 6.11. The van der Waals surface area contributed by atoms with Crippen LogP contribution < -0.4 is 15.4 Å². The van der Waals surface area contributed by atoms with Crippen LogP contribution in [0, 0.1) is 5.92 Å². The summed E-state index contributed by atoms with van der Waals surface area (Å²) in [6, 6.07) is 10.9. The van der Waals surface area contributed by atoms with Crippen LogP contribution >= 0.6 is 11.6 Å². The van der Waals surface area contributed by atoms with Gasteiger partial charge in [-0.15, -0.1) is 0 Å². The Bertz CT molecular complexity index is 1100. The van der Waals surface area contributed by atoms with Crippen molar-refractivity contribution in [2.45, 2.75) is 32.2 Å². The zero-order valence-electron chi connectivity index (χ0n) is 19.5. The van der Waals surface area contributed by atoms with Crippen LogP contribution in [0.2, 0.25) is 5.02 Å². The Morgan fingerprint density at radius 2 is 1.94 bits per heavy atom. The van der Waals surface area contributed by atoms with Crippen molar-refractivity contribution in [1.82, 2.24) is 15.5 Å². The van der Waals surface area contributed by atoms with Gasteiger partial charge >= 0.3 is 12.0 Å². The van der Waals surface area contributed by atoms with Gasteiger partial charge in [0, 0.05) is 11.6 Å². The second-order valence-corrected chi connectivity index (χ2v) is 8.74. The van der Waals surface area contributed by atoms with E-state index in [1.165, 1.54) is 7.11 Å². The molecule has 2 aromatic rings. The number of aliphatic carboxylic acids is 1. The second-order valence-electron chi connectivity index (χ2n) is 8.31. The number of hydrogen-bond acceptors (Lipinski definition) is 5. The molecule has 186 valence electrons. The van der Waals surface area contributed by atoms with Crippen molar-refractivity contribution in [3.8, 4) is 5.75 Å². The van der Waals surface area contributed by atoms with Gasteiger partial charge in [-0.3, -0.25) is 19.3 Å². The van der Waals surface area contributed by atoms with E-state index in [0.717, 1.165) is 10.5 Å². The number of carbonyl (C=O) groups is 4. The van der Waals surface area contributed by atoms with Gasteiger partial charge in [0.2, 0.25) is 11.8 Å². The summed E-state index contributed by atoms with van der Waals surface area (Å²) in [6.07, 6.45) is 0.663. The molecule has 1 aliphatic heterocycles. The van der Waals surface area contributed by atoms with Gasteiger partial charge in [-0.25, -0.2) is 4.79 Å². The van der Waals surface area contributed by atoms with Gasteiger partial charge in [-0.2, -0.15) is 0 Å². The summed E-state index contributed by atoms with van der Waals surface area (Å²) in [5.74, 6) is -1.96. The molecule has 1 heterocycles. The number of amides is 4. The minimum Gasteiger partial charge on any atom is -0.496 e. The van der Waals surface area contributed by atoms with Gasteiger partial charge in [0.15, 0.2) is 0 Å². The summed E-state index contributed by atoms with van der Waals surface area (Å²) in [4.78, 5) is 50.6. The van der Waals surface area contributed by atoms with Crippen LogP contribution in [0.4, 0.5) is 4.79 Å². The Morgan fingerprint density at radius 3 is 2.57 bits per heavy atom. The number of halogens is 1. The average molecular weight is 502 g/mol. The molecule has 1 fully saturated rings. The first-order valence-electron chi connectivity index (χ1n) is 11.2. The van der Waals surface area contributed by atoms with Crippen molar-refractivity contribution in [2.75, 3.05) is 20.2 Å². The number of imide groups is 1. The number of urea groups is 1. The van der Waals surface area contributed by atoms with Crippen LogP contribution in [-0.2, 0) is 27.2 Å². The van der Waals surface area contributed by atoms with Gasteiger partial charge in [0.1, 0.15) is 12.3 Å². The van der Waals surface area contributed by atoms with Crippen LogP contribution in [-0.4, -0.2) is 54.0 Å². The number of nitrogens with one attached hydrogen (secondary N) is 2. The molecule has 0 spiro atoms. The van der Waals surface area contributed by atoms with Crippen molar-refractivity contribution in [2.24, 2.45) is 5.92 Å². The molecule has 0 saturated carbocycles. The Morgan fingerprint density at radius 1 is 1.23 bits per heavy atom. The lowest BCUT2D eigenvalue weighted by atomic mass is 9.97. The summed E-state index contributed by atoms with van der Waals surface area (Å²) in [5.41, 5.74) is 2.10. The van der Waals surface area contributed by atoms with Gasteiger partial charge in [0.05, 0.1) is 25.5 Å². The van der Waals surface area contributed by atoms with E-state index in [0.29, 0.717) is 28.3 Å². The molecule has 2 atom stereocenters. The SMILES string of the molecule is CC[C@H](NC(=O)N1CC(=O)NC[C@@H](Cc2cc(Cl)ccc2OC)C1=O)c1ccc(CC(=O)O)cc1. The number of carbonyl (C=O) groups excluding carboxylic acids is 3. The van der Waals surface area contributed by atoms with E-state index in [1.807, 2.05) is 6.92 Å². The topological polar surface area (TPSA) is 125 Å². The molecule has 35 heavy (non-hydrogen) atoms. The summed E-state index contributed by atoms with van der Waals surface area (Å²) in [5, 5.41) is 15.0. The first-order valence-corrected chi connectivity index (χ1v) is 11.6. The van der Waals surface area contributed by atoms with Crippen LogP contribution in [0.3, 0.4) is 0 Å². The van der Waals surface area contributed by atoms with Crippen molar-refractivity contribution in [3.05, 3.63) is 64.2 Å². The first-order chi connectivity index (χ1) is 16.7. The predicted molar refractivity (Wildman–Crippen MR) is 129 cm³/mol. The van der Waals surface area contributed by atoms with Crippen molar-refractivity contribution in [3.63, 3.8) is 0 Å². The standard InChI is InChI=1S/C25H28ClN3O6/c1-3-20(16-6-4-15(5-7-16)10-23(31)32)28-25(34)29-14-22(30)27-13-18(24(29)33)11-17-12-19(26)8-9-21(17)35-2/h4-9,12,18,20H,3,10-11,13-14H2,1-2H3,(H,27,30)(H,28,34)(H,31,32)/t18-,20+/m1/s1. The van der Waals surface area contributed by atoms with Crippen molar-refractivity contribution < 1.29 is 29.0 Å². The highest BCUT2D eigenvalue weighted by molar-refractivity contribution is 6.30. The number of nitrogens with zero attached hydrogens (tertiary/aromatic N) is 1. The van der Waals surface area contributed by atoms with Crippen LogP contribution in [0.15, 0.2) is 42.5 Å². The van der Waals surface area contributed by atoms with E-state index in [4.69, 9.17) is 21.4 Å². The highest BCUT2D eigenvalue weighted by atomic mass is 35.5. The number of carboxylic acids is 1. The molecule has 3 rings (SSSR count). The van der Waals surface area contributed by atoms with E-state index >= 15 is 0 Å². The van der Waals surface area contributed by atoms with Crippen molar-refractivity contribution >= 4 is 35.4 Å². The van der Waals surface area contributed by atoms with Gasteiger partial charge in [0.25, 0.3) is 0 Å². The second kappa shape index (κ2) is 11.7. The molecule has 0 radical (unpaired) electrons. The molecule has 3 N–H and O–H groups in total. The average Bonchev–Trinajstić information content (AvgIpc) is 2.96. The number of carboxylic acid groups (broad SMARTS) is 1. The minimum absolute atomic E-state index is 0.0827. The zero-order chi connectivity index (χ0) is 25.5. The summed E-state index contributed by atoms with van der Waals surface area (Å²) in [6.45, 7) is 1.57.